The van der Waals surface area contributed by atoms with E-state index in [4.69, 9.17) is 0 Å². The Balaban J connectivity index is 0.00000324. The van der Waals surface area contributed by atoms with Crippen LogP contribution in [0.4, 0.5) is 0 Å². The fourth-order valence-electron chi connectivity index (χ4n) is 4.46. The van der Waals surface area contributed by atoms with Crippen LogP contribution in [0.5, 0.6) is 5.75 Å². The maximum absolute atomic E-state index is 10.7. The summed E-state index contributed by atoms with van der Waals surface area (Å²) in [6, 6.07) is 33.8. The van der Waals surface area contributed by atoms with Gasteiger partial charge in [0.05, 0.1) is 0 Å². The number of phenolic OH excluding ortho intramolecular Hbond substituents is 1. The van der Waals surface area contributed by atoms with Crippen LogP contribution < -0.4 is 15.9 Å². The Morgan fingerprint density at radius 1 is 0.559 bits per heavy atom. The van der Waals surface area contributed by atoms with Crippen LogP contribution in [0.15, 0.2) is 117 Å². The minimum atomic E-state index is -2.57. The summed E-state index contributed by atoms with van der Waals surface area (Å²) in [5.41, 5.74) is 4.23. The molecule has 4 aromatic carbocycles. The number of benzene rings is 4. The fraction of sp³-hybridized carbons (Fsp3) is 0.0323. The molecule has 1 nitrogen and oxygen atoms in total. The fourth-order valence-corrected chi connectivity index (χ4v) is 9.15. The van der Waals surface area contributed by atoms with Crippen molar-refractivity contribution in [2.75, 3.05) is 0 Å². The van der Waals surface area contributed by atoms with E-state index in [1.807, 2.05) is 36.4 Å². The zero-order chi connectivity index (χ0) is 23.3. The standard InChI is InChI=1S/C31H29OP.BrH/c1-4-24-11-17-28(18-12-24)33(23-27-9-7-8-10-31(27)32,29-19-13-25(5-2)14-20-29)30-21-15-26(6-3)16-22-30;/h4-22,32-33H,1-3,23H2;1H. The molecule has 172 valence electrons. The molecule has 0 spiro atoms. The molecule has 0 aliphatic rings. The molecule has 3 heteroatoms. The predicted octanol–water partition coefficient (Wildman–Crippen LogP) is 7.13. The van der Waals surface area contributed by atoms with Gasteiger partial charge in [-0.3, -0.25) is 0 Å². The van der Waals surface area contributed by atoms with E-state index in [1.165, 1.54) is 15.9 Å². The number of para-hydroxylation sites is 1. The van der Waals surface area contributed by atoms with Gasteiger partial charge in [-0.1, -0.05) is 0 Å². The Labute approximate surface area is 213 Å². The van der Waals surface area contributed by atoms with Crippen molar-refractivity contribution in [2.24, 2.45) is 0 Å². The van der Waals surface area contributed by atoms with Gasteiger partial charge in [0.1, 0.15) is 0 Å². The predicted molar refractivity (Wildman–Crippen MR) is 159 cm³/mol. The number of aromatic hydroxyl groups is 1. The van der Waals surface area contributed by atoms with Crippen molar-refractivity contribution in [1.82, 2.24) is 0 Å². The van der Waals surface area contributed by atoms with Gasteiger partial charge in [0.2, 0.25) is 0 Å². The maximum atomic E-state index is 10.7. The van der Waals surface area contributed by atoms with Gasteiger partial charge in [0, 0.05) is 0 Å². The van der Waals surface area contributed by atoms with E-state index >= 15 is 0 Å². The first-order valence-electron chi connectivity index (χ1n) is 11.1. The van der Waals surface area contributed by atoms with Crippen LogP contribution in [-0.2, 0) is 6.16 Å². The van der Waals surface area contributed by atoms with Crippen molar-refractivity contribution in [3.63, 3.8) is 0 Å². The second-order valence-corrected chi connectivity index (χ2v) is 12.1. The third kappa shape index (κ3) is 4.99. The quantitative estimate of drug-likeness (QED) is 0.241. The topological polar surface area (TPSA) is 20.2 Å². The second kappa shape index (κ2) is 11.3. The molecule has 0 aromatic heterocycles. The average Bonchev–Trinajstić information content (AvgIpc) is 2.88. The Hall–Kier alpha value is -3.19. The molecule has 0 saturated carbocycles. The van der Waals surface area contributed by atoms with Gasteiger partial charge in [-0.05, 0) is 0 Å². The molecule has 0 amide bonds. The van der Waals surface area contributed by atoms with Gasteiger partial charge in [-0.25, -0.2) is 0 Å². The van der Waals surface area contributed by atoms with Crippen LogP contribution in [0.3, 0.4) is 0 Å². The first-order valence-corrected chi connectivity index (χ1v) is 13.3. The summed E-state index contributed by atoms with van der Waals surface area (Å²) in [5.74, 6) is 0.336. The summed E-state index contributed by atoms with van der Waals surface area (Å²) in [5, 5.41) is 14.6. The van der Waals surface area contributed by atoms with Crippen molar-refractivity contribution in [1.29, 1.82) is 0 Å². The van der Waals surface area contributed by atoms with E-state index in [0.717, 1.165) is 28.4 Å². The van der Waals surface area contributed by atoms with Crippen molar-refractivity contribution in [3.8, 4) is 5.75 Å². The van der Waals surface area contributed by atoms with Crippen molar-refractivity contribution < 1.29 is 5.11 Å². The number of halogens is 1. The molecule has 0 aliphatic heterocycles. The number of hydrogen-bond acceptors (Lipinski definition) is 1. The van der Waals surface area contributed by atoms with Gasteiger partial charge >= 0.3 is 197 Å². The summed E-state index contributed by atoms with van der Waals surface area (Å²) in [6.07, 6.45) is 6.35. The minimum absolute atomic E-state index is 0. The first-order chi connectivity index (χ1) is 16.1. The molecule has 4 aromatic rings. The number of rotatable bonds is 8. The molecule has 0 atom stereocenters. The first kappa shape index (κ1) is 25.4. The summed E-state index contributed by atoms with van der Waals surface area (Å²) in [6.45, 7) is 11.7. The average molecular weight is 529 g/mol. The van der Waals surface area contributed by atoms with E-state index in [-0.39, 0.29) is 17.0 Å². The van der Waals surface area contributed by atoms with Gasteiger partial charge in [0.15, 0.2) is 0 Å². The molecule has 34 heavy (non-hydrogen) atoms. The van der Waals surface area contributed by atoms with Gasteiger partial charge in [-0.15, -0.1) is 17.0 Å². The Morgan fingerprint density at radius 2 is 0.912 bits per heavy atom. The molecule has 0 unspecified atom stereocenters. The molecular weight excluding hydrogens is 499 g/mol. The van der Waals surface area contributed by atoms with Crippen LogP contribution in [0.2, 0.25) is 0 Å². The van der Waals surface area contributed by atoms with Crippen LogP contribution in [0, 0.1) is 0 Å². The Bertz CT molecular complexity index is 1150. The van der Waals surface area contributed by atoms with Gasteiger partial charge in [0.25, 0.3) is 0 Å². The van der Waals surface area contributed by atoms with Crippen LogP contribution in [-0.4, -0.2) is 5.11 Å². The van der Waals surface area contributed by atoms with Crippen molar-refractivity contribution in [3.05, 3.63) is 139 Å². The Kier molecular flexibility index (Phi) is 8.45. The van der Waals surface area contributed by atoms with Gasteiger partial charge in [-0.2, -0.15) is 0 Å². The molecule has 0 aliphatic carbocycles. The van der Waals surface area contributed by atoms with E-state index in [2.05, 4.69) is 92.5 Å². The normalized spacial score (nSPS) is 11.2. The van der Waals surface area contributed by atoms with E-state index in [0.29, 0.717) is 5.75 Å². The van der Waals surface area contributed by atoms with E-state index in [1.54, 1.807) is 6.07 Å². The molecular formula is C31H30BrOP. The van der Waals surface area contributed by atoms with Crippen molar-refractivity contribution >= 4 is 58.4 Å². The number of phenols is 1. The summed E-state index contributed by atoms with van der Waals surface area (Å²) in [7, 11) is -2.57. The van der Waals surface area contributed by atoms with Crippen LogP contribution in [0.25, 0.3) is 18.2 Å². The molecule has 0 fully saturated rings. The third-order valence-corrected chi connectivity index (χ3v) is 11.2. The summed E-state index contributed by atoms with van der Waals surface area (Å²) >= 11 is 0. The van der Waals surface area contributed by atoms with Crippen LogP contribution in [0.1, 0.15) is 22.3 Å². The molecule has 4 rings (SSSR count). The second-order valence-electron chi connectivity index (χ2n) is 8.19. The van der Waals surface area contributed by atoms with E-state index in [9.17, 15) is 5.11 Å². The summed E-state index contributed by atoms with van der Waals surface area (Å²) in [4.78, 5) is 0. The molecule has 0 saturated heterocycles. The molecule has 0 heterocycles. The molecule has 0 radical (unpaired) electrons. The zero-order valence-electron chi connectivity index (χ0n) is 19.2. The van der Waals surface area contributed by atoms with Crippen LogP contribution >= 0.6 is 24.2 Å². The third-order valence-electron chi connectivity index (χ3n) is 6.36. The van der Waals surface area contributed by atoms with Gasteiger partial charge < -0.3 is 0 Å². The Morgan fingerprint density at radius 3 is 1.24 bits per heavy atom. The van der Waals surface area contributed by atoms with Crippen molar-refractivity contribution in [2.45, 2.75) is 6.16 Å². The monoisotopic (exact) mass is 528 g/mol. The molecule has 0 bridgehead atoms. The van der Waals surface area contributed by atoms with E-state index < -0.39 is 7.26 Å². The molecule has 1 N–H and O–H groups in total. The number of hydrogen-bond donors (Lipinski definition) is 1. The summed E-state index contributed by atoms with van der Waals surface area (Å²) < 4.78 is 0. The zero-order valence-corrected chi connectivity index (χ0v) is 21.9. The SMILES string of the molecule is Br.C=Cc1ccc([PH](Cc2ccccc2O)(c2ccc(C=C)cc2)c2ccc(C=C)cc2)cc1.